The Labute approximate surface area is 111 Å². The Kier molecular flexibility index (Phi) is 3.52. The van der Waals surface area contributed by atoms with Crippen LogP contribution in [-0.4, -0.2) is 9.55 Å². The highest BCUT2D eigenvalue weighted by atomic mass is 19.1. The molecule has 2 rings (SSSR count). The van der Waals surface area contributed by atoms with E-state index in [2.05, 4.69) is 11.9 Å². The molecule has 0 aliphatic rings. The van der Waals surface area contributed by atoms with Crippen molar-refractivity contribution in [3.63, 3.8) is 0 Å². The Morgan fingerprint density at radius 2 is 2.21 bits per heavy atom. The number of imidazole rings is 1. The van der Waals surface area contributed by atoms with Crippen LogP contribution in [0.2, 0.25) is 0 Å². The molecule has 5 heteroatoms. The number of nitrogen functional groups attached to an aromatic ring is 1. The van der Waals surface area contributed by atoms with Gasteiger partial charge in [-0.2, -0.15) is 5.26 Å². The number of benzene rings is 1. The molecule has 0 fully saturated rings. The first-order valence-corrected chi connectivity index (χ1v) is 6.09. The van der Waals surface area contributed by atoms with Gasteiger partial charge in [-0.15, -0.1) is 0 Å². The van der Waals surface area contributed by atoms with Crippen LogP contribution in [0.5, 0.6) is 0 Å². The molecule has 2 N–H and O–H groups in total. The van der Waals surface area contributed by atoms with Gasteiger partial charge in [0.25, 0.3) is 0 Å². The number of hydrogen-bond acceptors (Lipinski definition) is 3. The number of nitrogens with two attached hydrogens (primary N) is 1. The third-order valence-corrected chi connectivity index (χ3v) is 3.07. The fourth-order valence-corrected chi connectivity index (χ4v) is 1.98. The molecule has 0 amide bonds. The molecule has 0 spiro atoms. The van der Waals surface area contributed by atoms with E-state index in [0.717, 1.165) is 18.7 Å². The van der Waals surface area contributed by atoms with Gasteiger partial charge in [0.2, 0.25) is 0 Å². The first-order valence-electron chi connectivity index (χ1n) is 6.09. The summed E-state index contributed by atoms with van der Waals surface area (Å²) in [6.45, 7) is 2.07. The molecule has 0 atom stereocenters. The van der Waals surface area contributed by atoms with Gasteiger partial charge in [-0.25, -0.2) is 9.37 Å². The lowest BCUT2D eigenvalue weighted by Crippen LogP contribution is -2.01. The third-order valence-electron chi connectivity index (χ3n) is 3.07. The molecule has 0 saturated heterocycles. The average molecular weight is 258 g/mol. The van der Waals surface area contributed by atoms with Gasteiger partial charge in [0.15, 0.2) is 0 Å². The van der Waals surface area contributed by atoms with Crippen molar-refractivity contribution >= 4 is 5.82 Å². The molecule has 98 valence electrons. The second-order valence-electron chi connectivity index (χ2n) is 4.38. The number of aryl methyl sites for hydroxylation is 1. The smallest absolute Gasteiger partial charge is 0.140 e. The van der Waals surface area contributed by atoms with Crippen molar-refractivity contribution in [1.29, 1.82) is 5.26 Å². The molecule has 0 aliphatic heterocycles. The molecule has 0 bridgehead atoms. The quantitative estimate of drug-likeness (QED) is 0.920. The van der Waals surface area contributed by atoms with Crippen molar-refractivity contribution in [2.24, 2.45) is 7.05 Å². The van der Waals surface area contributed by atoms with Crippen LogP contribution in [-0.2, 0) is 13.5 Å². The predicted molar refractivity (Wildman–Crippen MR) is 71.7 cm³/mol. The van der Waals surface area contributed by atoms with Crippen molar-refractivity contribution < 1.29 is 4.39 Å². The summed E-state index contributed by atoms with van der Waals surface area (Å²) in [4.78, 5) is 4.48. The van der Waals surface area contributed by atoms with E-state index in [9.17, 15) is 4.39 Å². The van der Waals surface area contributed by atoms with Crippen LogP contribution in [0.4, 0.5) is 10.2 Å². The molecule has 1 heterocycles. The number of aromatic nitrogens is 2. The zero-order valence-electron chi connectivity index (χ0n) is 10.9. The minimum atomic E-state index is -0.533. The Balaban J connectivity index is 2.53. The maximum absolute atomic E-state index is 13.3. The van der Waals surface area contributed by atoms with Crippen molar-refractivity contribution in [3.8, 4) is 17.3 Å². The largest absolute Gasteiger partial charge is 0.383 e. The van der Waals surface area contributed by atoms with Gasteiger partial charge in [-0.05, 0) is 24.6 Å². The van der Waals surface area contributed by atoms with Crippen molar-refractivity contribution in [1.82, 2.24) is 9.55 Å². The van der Waals surface area contributed by atoms with Gasteiger partial charge in [0.1, 0.15) is 29.2 Å². The lowest BCUT2D eigenvalue weighted by molar-refractivity contribution is 0.624. The van der Waals surface area contributed by atoms with Gasteiger partial charge in [0, 0.05) is 19.0 Å². The number of rotatable bonds is 3. The monoisotopic (exact) mass is 258 g/mol. The van der Waals surface area contributed by atoms with E-state index in [0.29, 0.717) is 17.1 Å². The van der Waals surface area contributed by atoms with Gasteiger partial charge in [-0.1, -0.05) is 6.92 Å². The van der Waals surface area contributed by atoms with Gasteiger partial charge in [0.05, 0.1) is 5.56 Å². The molecule has 4 nitrogen and oxygen atoms in total. The van der Waals surface area contributed by atoms with Crippen LogP contribution >= 0.6 is 0 Å². The summed E-state index contributed by atoms with van der Waals surface area (Å²) in [6.07, 6.45) is 1.80. The van der Waals surface area contributed by atoms with Crippen molar-refractivity contribution in [2.75, 3.05) is 5.73 Å². The van der Waals surface area contributed by atoms with Crippen molar-refractivity contribution in [2.45, 2.75) is 19.8 Å². The first kappa shape index (κ1) is 13.1. The van der Waals surface area contributed by atoms with E-state index in [1.807, 2.05) is 17.7 Å². The second kappa shape index (κ2) is 5.11. The number of anilines is 1. The standard InChI is InChI=1S/C14H15FN4/c1-3-4-12-18-13(14(17)19(12)2)9-5-6-11(15)10(7-9)8-16/h5-7H,3-4,17H2,1-2H3. The average Bonchev–Trinajstić information content (AvgIpc) is 2.68. The summed E-state index contributed by atoms with van der Waals surface area (Å²) in [5.74, 6) is 0.881. The highest BCUT2D eigenvalue weighted by Gasteiger charge is 2.14. The van der Waals surface area contributed by atoms with Crippen LogP contribution < -0.4 is 5.73 Å². The minimum absolute atomic E-state index is 0.000375. The number of nitriles is 1. The zero-order valence-corrected chi connectivity index (χ0v) is 10.9. The highest BCUT2D eigenvalue weighted by molar-refractivity contribution is 5.72. The maximum atomic E-state index is 13.3. The van der Waals surface area contributed by atoms with Crippen molar-refractivity contribution in [3.05, 3.63) is 35.4 Å². The summed E-state index contributed by atoms with van der Waals surface area (Å²) in [5, 5.41) is 8.86. The zero-order chi connectivity index (χ0) is 14.0. The third kappa shape index (κ3) is 2.29. The van der Waals surface area contributed by atoms with E-state index in [1.165, 1.54) is 12.1 Å². The molecule has 1 aromatic heterocycles. The Hall–Kier alpha value is -2.35. The normalized spacial score (nSPS) is 10.4. The van der Waals surface area contributed by atoms with Crippen LogP contribution in [0.15, 0.2) is 18.2 Å². The van der Waals surface area contributed by atoms with Gasteiger partial charge >= 0.3 is 0 Å². The first-order chi connectivity index (χ1) is 9.08. The molecular formula is C14H15FN4. The van der Waals surface area contributed by atoms with Crippen LogP contribution in [0, 0.1) is 17.1 Å². The molecule has 0 radical (unpaired) electrons. The molecule has 2 aromatic rings. The Bertz CT molecular complexity index is 652. The highest BCUT2D eigenvalue weighted by Crippen LogP contribution is 2.27. The fraction of sp³-hybridized carbons (Fsp3) is 0.286. The van der Waals surface area contributed by atoms with E-state index in [-0.39, 0.29) is 5.56 Å². The SMILES string of the molecule is CCCc1nc(-c2ccc(F)c(C#N)c2)c(N)n1C. The lowest BCUT2D eigenvalue weighted by Gasteiger charge is -2.02. The summed E-state index contributed by atoms with van der Waals surface area (Å²) in [6, 6.07) is 6.15. The van der Waals surface area contributed by atoms with Gasteiger partial charge < -0.3 is 10.3 Å². The topological polar surface area (TPSA) is 67.6 Å². The van der Waals surface area contributed by atoms with Crippen LogP contribution in [0.25, 0.3) is 11.3 Å². The Morgan fingerprint density at radius 1 is 1.47 bits per heavy atom. The summed E-state index contributed by atoms with van der Waals surface area (Å²) in [7, 11) is 1.85. The summed E-state index contributed by atoms with van der Waals surface area (Å²) < 4.78 is 15.1. The number of nitrogens with zero attached hydrogens (tertiary/aromatic N) is 3. The molecule has 1 aromatic carbocycles. The Morgan fingerprint density at radius 3 is 2.84 bits per heavy atom. The maximum Gasteiger partial charge on any atom is 0.140 e. The van der Waals surface area contributed by atoms with E-state index in [1.54, 1.807) is 6.07 Å². The molecular weight excluding hydrogens is 243 g/mol. The summed E-state index contributed by atoms with van der Waals surface area (Å²) in [5.41, 5.74) is 7.28. The molecule has 0 aliphatic carbocycles. The lowest BCUT2D eigenvalue weighted by atomic mass is 10.1. The fourth-order valence-electron chi connectivity index (χ4n) is 1.98. The van der Waals surface area contributed by atoms with Crippen LogP contribution in [0.1, 0.15) is 24.7 Å². The predicted octanol–water partition coefficient (Wildman–Crippen LogP) is 2.63. The minimum Gasteiger partial charge on any atom is -0.383 e. The van der Waals surface area contributed by atoms with E-state index in [4.69, 9.17) is 11.0 Å². The van der Waals surface area contributed by atoms with Gasteiger partial charge in [-0.3, -0.25) is 0 Å². The number of hydrogen-bond donors (Lipinski definition) is 1. The molecule has 0 unspecified atom stereocenters. The van der Waals surface area contributed by atoms with E-state index >= 15 is 0 Å². The van der Waals surface area contributed by atoms with E-state index < -0.39 is 5.82 Å². The number of halogens is 1. The second-order valence-corrected chi connectivity index (χ2v) is 4.38. The summed E-state index contributed by atoms with van der Waals surface area (Å²) >= 11 is 0. The van der Waals surface area contributed by atoms with Crippen LogP contribution in [0.3, 0.4) is 0 Å². The molecule has 0 saturated carbocycles. The molecule has 19 heavy (non-hydrogen) atoms.